The summed E-state index contributed by atoms with van der Waals surface area (Å²) in [6.07, 6.45) is 4.43. The van der Waals surface area contributed by atoms with Crippen molar-refractivity contribution >= 4 is 5.78 Å². The Hall–Kier alpha value is -1.42. The van der Waals surface area contributed by atoms with Gasteiger partial charge in [0, 0.05) is 25.3 Å². The number of methoxy groups -OCH3 is 1. The van der Waals surface area contributed by atoms with Crippen molar-refractivity contribution in [3.63, 3.8) is 0 Å². The van der Waals surface area contributed by atoms with Gasteiger partial charge in [-0.3, -0.25) is 9.78 Å². The smallest absolute Gasteiger partial charge is 0.167 e. The van der Waals surface area contributed by atoms with E-state index >= 15 is 0 Å². The summed E-state index contributed by atoms with van der Waals surface area (Å²) in [6.45, 7) is 6.43. The number of hydrogen-bond donors (Lipinski definition) is 0. The molecule has 0 saturated heterocycles. The van der Waals surface area contributed by atoms with Crippen molar-refractivity contribution in [3.8, 4) is 5.75 Å². The van der Waals surface area contributed by atoms with E-state index in [9.17, 15) is 4.79 Å². The highest BCUT2D eigenvalue weighted by Crippen LogP contribution is 2.19. The van der Waals surface area contributed by atoms with Gasteiger partial charge in [0.15, 0.2) is 5.78 Å². The van der Waals surface area contributed by atoms with Crippen LogP contribution in [0.1, 0.15) is 44.0 Å². The first kappa shape index (κ1) is 14.6. The molecule has 4 heteroatoms. The second-order valence-electron chi connectivity index (χ2n) is 4.82. The molecule has 4 nitrogen and oxygen atoms in total. The van der Waals surface area contributed by atoms with Gasteiger partial charge in [0.2, 0.25) is 0 Å². The Morgan fingerprint density at radius 2 is 2.11 bits per heavy atom. The van der Waals surface area contributed by atoms with E-state index in [0.29, 0.717) is 24.3 Å². The van der Waals surface area contributed by atoms with Crippen LogP contribution in [0.15, 0.2) is 18.5 Å². The Balaban J connectivity index is 2.74. The first-order chi connectivity index (χ1) is 8.48. The molecule has 0 saturated carbocycles. The average molecular weight is 251 g/mol. The minimum absolute atomic E-state index is 0.0105. The third kappa shape index (κ3) is 4.45. The van der Waals surface area contributed by atoms with E-state index in [1.54, 1.807) is 25.6 Å². The molecule has 0 aliphatic carbocycles. The first-order valence-electron chi connectivity index (χ1n) is 6.14. The molecule has 0 fully saturated rings. The summed E-state index contributed by atoms with van der Waals surface area (Å²) in [4.78, 5) is 16.1. The maximum Gasteiger partial charge on any atom is 0.167 e. The van der Waals surface area contributed by atoms with Gasteiger partial charge in [-0.15, -0.1) is 0 Å². The number of Topliss-reactive ketones (excluding diaryl/α,β-unsaturated/α-hetero) is 1. The van der Waals surface area contributed by atoms with Crippen molar-refractivity contribution in [2.24, 2.45) is 0 Å². The zero-order valence-electron chi connectivity index (χ0n) is 11.5. The lowest BCUT2D eigenvalue weighted by Gasteiger charge is -2.21. The molecule has 100 valence electrons. The monoisotopic (exact) mass is 251 g/mol. The Labute approximate surface area is 108 Å². The molecule has 0 bridgehead atoms. The van der Waals surface area contributed by atoms with Gasteiger partial charge in [0.1, 0.15) is 5.75 Å². The molecule has 0 aromatic carbocycles. The van der Waals surface area contributed by atoms with Crippen LogP contribution >= 0.6 is 0 Å². The van der Waals surface area contributed by atoms with Crippen LogP contribution in [0.25, 0.3) is 0 Å². The van der Waals surface area contributed by atoms with Gasteiger partial charge in [0.05, 0.1) is 18.4 Å². The lowest BCUT2D eigenvalue weighted by atomic mass is 9.98. The number of ether oxygens (including phenoxy) is 2. The van der Waals surface area contributed by atoms with E-state index in [4.69, 9.17) is 9.47 Å². The van der Waals surface area contributed by atoms with E-state index in [1.807, 2.05) is 20.8 Å². The third-order valence-corrected chi connectivity index (χ3v) is 2.65. The molecule has 0 radical (unpaired) electrons. The fourth-order valence-corrected chi connectivity index (χ4v) is 1.43. The fourth-order valence-electron chi connectivity index (χ4n) is 1.43. The molecule has 0 atom stereocenters. The number of carbonyl (C=O) groups excluding carboxylic acids is 1. The van der Waals surface area contributed by atoms with Crippen LogP contribution in [0, 0.1) is 0 Å². The van der Waals surface area contributed by atoms with Gasteiger partial charge in [-0.2, -0.15) is 0 Å². The molecular weight excluding hydrogens is 230 g/mol. The third-order valence-electron chi connectivity index (χ3n) is 2.65. The normalized spacial score (nSPS) is 11.3. The summed E-state index contributed by atoms with van der Waals surface area (Å²) in [5.41, 5.74) is 0.103. The predicted octanol–water partition coefficient (Wildman–Crippen LogP) is 2.87. The summed E-state index contributed by atoms with van der Waals surface area (Å²) in [6, 6.07) is 1.73. The van der Waals surface area contributed by atoms with Gasteiger partial charge in [-0.1, -0.05) is 6.92 Å². The predicted molar refractivity (Wildman–Crippen MR) is 70.1 cm³/mol. The van der Waals surface area contributed by atoms with E-state index in [0.717, 1.165) is 6.42 Å². The highest BCUT2D eigenvalue weighted by atomic mass is 16.5. The molecule has 0 amide bonds. The molecule has 1 rings (SSSR count). The maximum absolute atomic E-state index is 12.1. The summed E-state index contributed by atoms with van der Waals surface area (Å²) in [5.74, 6) is 0.647. The number of aromatic nitrogens is 1. The van der Waals surface area contributed by atoms with Crippen LogP contribution in [0.3, 0.4) is 0 Å². The van der Waals surface area contributed by atoms with Gasteiger partial charge in [-0.05, 0) is 26.3 Å². The lowest BCUT2D eigenvalue weighted by Crippen LogP contribution is -2.26. The number of rotatable bonds is 7. The van der Waals surface area contributed by atoms with E-state index < -0.39 is 5.60 Å². The zero-order chi connectivity index (χ0) is 13.6. The van der Waals surface area contributed by atoms with Crippen LogP contribution in [0.2, 0.25) is 0 Å². The SMILES string of the molecule is CCCOc1cncc(C(=O)CC(C)(C)OC)c1. The van der Waals surface area contributed by atoms with E-state index in [2.05, 4.69) is 4.98 Å². The minimum atomic E-state index is -0.461. The Morgan fingerprint density at radius 1 is 1.39 bits per heavy atom. The molecule has 1 aromatic heterocycles. The molecule has 0 aliphatic rings. The number of carbonyl (C=O) groups is 1. The Morgan fingerprint density at radius 3 is 2.72 bits per heavy atom. The van der Waals surface area contributed by atoms with Crippen molar-refractivity contribution in [1.82, 2.24) is 4.98 Å². The second-order valence-corrected chi connectivity index (χ2v) is 4.82. The molecule has 1 aromatic rings. The van der Waals surface area contributed by atoms with Crippen molar-refractivity contribution in [2.45, 2.75) is 39.2 Å². The molecule has 0 spiro atoms. The molecule has 18 heavy (non-hydrogen) atoms. The van der Waals surface area contributed by atoms with Crippen molar-refractivity contribution in [2.75, 3.05) is 13.7 Å². The number of pyridine rings is 1. The number of hydrogen-bond acceptors (Lipinski definition) is 4. The summed E-state index contributed by atoms with van der Waals surface area (Å²) < 4.78 is 10.7. The molecule has 0 N–H and O–H groups in total. The molecule has 0 aliphatic heterocycles. The first-order valence-corrected chi connectivity index (χ1v) is 6.14. The molecule has 1 heterocycles. The van der Waals surface area contributed by atoms with Gasteiger partial charge in [0.25, 0.3) is 0 Å². The van der Waals surface area contributed by atoms with E-state index in [1.165, 1.54) is 0 Å². The van der Waals surface area contributed by atoms with Gasteiger partial charge < -0.3 is 9.47 Å². The van der Waals surface area contributed by atoms with Gasteiger partial charge in [-0.25, -0.2) is 0 Å². The Bertz CT molecular complexity index is 402. The van der Waals surface area contributed by atoms with Crippen molar-refractivity contribution in [3.05, 3.63) is 24.0 Å². The maximum atomic E-state index is 12.1. The minimum Gasteiger partial charge on any atom is -0.492 e. The number of ketones is 1. The van der Waals surface area contributed by atoms with Crippen LogP contribution < -0.4 is 4.74 Å². The molecular formula is C14H21NO3. The van der Waals surface area contributed by atoms with Crippen LogP contribution in [-0.2, 0) is 4.74 Å². The van der Waals surface area contributed by atoms with Crippen LogP contribution in [-0.4, -0.2) is 30.1 Å². The van der Waals surface area contributed by atoms with Crippen molar-refractivity contribution < 1.29 is 14.3 Å². The number of nitrogens with zero attached hydrogens (tertiary/aromatic N) is 1. The Kier molecular flexibility index (Phi) is 5.28. The summed E-state index contributed by atoms with van der Waals surface area (Å²) >= 11 is 0. The van der Waals surface area contributed by atoms with Crippen LogP contribution in [0.4, 0.5) is 0 Å². The van der Waals surface area contributed by atoms with Crippen LogP contribution in [0.5, 0.6) is 5.75 Å². The quantitative estimate of drug-likeness (QED) is 0.699. The van der Waals surface area contributed by atoms with Crippen molar-refractivity contribution in [1.29, 1.82) is 0 Å². The highest BCUT2D eigenvalue weighted by Gasteiger charge is 2.22. The molecule has 0 unspecified atom stereocenters. The van der Waals surface area contributed by atoms with Gasteiger partial charge >= 0.3 is 0 Å². The highest BCUT2D eigenvalue weighted by molar-refractivity contribution is 5.96. The summed E-state index contributed by atoms with van der Waals surface area (Å²) in [5, 5.41) is 0. The fraction of sp³-hybridized carbons (Fsp3) is 0.571. The lowest BCUT2D eigenvalue weighted by molar-refractivity contribution is 0.0172. The second kappa shape index (κ2) is 6.50. The average Bonchev–Trinajstić information content (AvgIpc) is 2.36. The van der Waals surface area contributed by atoms with E-state index in [-0.39, 0.29) is 5.78 Å². The zero-order valence-corrected chi connectivity index (χ0v) is 11.5. The topological polar surface area (TPSA) is 48.4 Å². The standard InChI is InChI=1S/C14H21NO3/c1-5-6-18-12-7-11(9-15-10-12)13(16)8-14(2,3)17-4/h7,9-10H,5-6,8H2,1-4H3. The largest absolute Gasteiger partial charge is 0.492 e. The summed E-state index contributed by atoms with van der Waals surface area (Å²) in [7, 11) is 1.60.